The van der Waals surface area contributed by atoms with Crippen LogP contribution in [0.25, 0.3) is 0 Å². The number of ether oxygens (including phenoxy) is 1. The van der Waals surface area contributed by atoms with Crippen LogP contribution in [0.4, 0.5) is 0 Å². The molecule has 3 N–H and O–H groups in total. The first kappa shape index (κ1) is 12.1. The predicted octanol–water partition coefficient (Wildman–Crippen LogP) is 2.26. The van der Waals surface area contributed by atoms with E-state index in [1.54, 1.807) is 0 Å². The van der Waals surface area contributed by atoms with Crippen LogP contribution in [0.15, 0.2) is 11.5 Å². The van der Waals surface area contributed by atoms with Crippen molar-refractivity contribution in [3.63, 3.8) is 0 Å². The Morgan fingerprint density at radius 1 is 1.42 bits per heavy atom. The summed E-state index contributed by atoms with van der Waals surface area (Å²) in [5.41, 5.74) is 8.40. The van der Waals surface area contributed by atoms with E-state index in [1.807, 2.05) is 0 Å². The maximum atomic E-state index is 9.51. The summed E-state index contributed by atoms with van der Waals surface area (Å²) >= 11 is 0. The van der Waals surface area contributed by atoms with E-state index in [9.17, 15) is 5.26 Å². The van der Waals surface area contributed by atoms with Crippen LogP contribution < -0.4 is 10.5 Å². The Morgan fingerprint density at radius 2 is 2.16 bits per heavy atom. The molecular formula is C14H18N4O. The molecule has 5 heteroatoms. The summed E-state index contributed by atoms with van der Waals surface area (Å²) in [6.45, 7) is 2.08. The van der Waals surface area contributed by atoms with Gasteiger partial charge >= 0.3 is 0 Å². The second-order valence-corrected chi connectivity index (χ2v) is 5.33. The van der Waals surface area contributed by atoms with Crippen LogP contribution in [-0.2, 0) is 11.8 Å². The molecule has 1 fully saturated rings. The quantitative estimate of drug-likeness (QED) is 0.808. The number of nitrogens with zero attached hydrogens (tertiary/aromatic N) is 2. The van der Waals surface area contributed by atoms with Gasteiger partial charge in [-0.25, -0.2) is 0 Å². The molecule has 0 saturated heterocycles. The second-order valence-electron chi connectivity index (χ2n) is 5.33. The fraction of sp³-hybridized carbons (Fsp3) is 0.571. The van der Waals surface area contributed by atoms with Crippen molar-refractivity contribution in [1.82, 2.24) is 10.2 Å². The van der Waals surface area contributed by atoms with Gasteiger partial charge < -0.3 is 10.5 Å². The monoisotopic (exact) mass is 258 g/mol. The molecule has 5 nitrogen and oxygen atoms in total. The lowest BCUT2D eigenvalue weighted by atomic mass is 9.64. The molecule has 0 bridgehead atoms. The molecule has 19 heavy (non-hydrogen) atoms. The predicted molar refractivity (Wildman–Crippen MR) is 70.2 cm³/mol. The minimum Gasteiger partial charge on any atom is -0.420 e. The smallest absolute Gasteiger partial charge is 0.244 e. The van der Waals surface area contributed by atoms with Gasteiger partial charge in [0.2, 0.25) is 11.8 Å². The van der Waals surface area contributed by atoms with Crippen molar-refractivity contribution in [2.75, 3.05) is 0 Å². The first-order valence-corrected chi connectivity index (χ1v) is 6.89. The van der Waals surface area contributed by atoms with Gasteiger partial charge in [0.15, 0.2) is 0 Å². The number of aromatic amines is 1. The van der Waals surface area contributed by atoms with Gasteiger partial charge in [0.25, 0.3) is 0 Å². The van der Waals surface area contributed by atoms with Crippen molar-refractivity contribution in [3.05, 3.63) is 22.7 Å². The minimum atomic E-state index is -0.275. The van der Waals surface area contributed by atoms with Crippen molar-refractivity contribution >= 4 is 0 Å². The largest absolute Gasteiger partial charge is 0.420 e. The van der Waals surface area contributed by atoms with E-state index < -0.39 is 0 Å². The Balaban J connectivity index is 2.23. The number of nitrogens with one attached hydrogen (secondary N) is 1. The lowest BCUT2D eigenvalue weighted by Crippen LogP contribution is -2.37. The second kappa shape index (κ2) is 4.30. The number of allylic oxidation sites excluding steroid dienone is 1. The molecule has 0 aromatic carbocycles. The maximum absolute atomic E-state index is 9.51. The highest BCUT2D eigenvalue weighted by Crippen LogP contribution is 2.51. The van der Waals surface area contributed by atoms with Crippen molar-refractivity contribution < 1.29 is 4.74 Å². The Hall–Kier alpha value is -1.96. The first-order chi connectivity index (χ1) is 9.23. The normalized spacial score (nSPS) is 20.8. The zero-order valence-corrected chi connectivity index (χ0v) is 11.1. The Bertz CT molecular complexity index is 573. The van der Waals surface area contributed by atoms with E-state index in [2.05, 4.69) is 23.2 Å². The highest BCUT2D eigenvalue weighted by Gasteiger charge is 2.47. The Morgan fingerprint density at radius 3 is 2.79 bits per heavy atom. The number of hydrogen-bond acceptors (Lipinski definition) is 4. The van der Waals surface area contributed by atoms with Gasteiger partial charge in [0, 0.05) is 16.7 Å². The van der Waals surface area contributed by atoms with Crippen LogP contribution in [0.5, 0.6) is 5.88 Å². The third-order valence-electron chi connectivity index (χ3n) is 4.39. The van der Waals surface area contributed by atoms with Crippen LogP contribution in [0.1, 0.15) is 50.3 Å². The average molecular weight is 258 g/mol. The fourth-order valence-electron chi connectivity index (χ4n) is 3.52. The van der Waals surface area contributed by atoms with E-state index in [1.165, 1.54) is 6.42 Å². The SMILES string of the molecule is CCc1[nH]nc2c1C1(CCCCC1)C(C#N)=C(N)O2. The van der Waals surface area contributed by atoms with E-state index >= 15 is 0 Å². The summed E-state index contributed by atoms with van der Waals surface area (Å²) in [7, 11) is 0. The topological polar surface area (TPSA) is 87.7 Å². The summed E-state index contributed by atoms with van der Waals surface area (Å²) in [4.78, 5) is 0. The van der Waals surface area contributed by atoms with Crippen molar-refractivity contribution in [2.45, 2.75) is 50.9 Å². The van der Waals surface area contributed by atoms with Gasteiger partial charge in [-0.3, -0.25) is 5.10 Å². The standard InChI is InChI=1S/C14H18N4O/c1-2-10-11-13(18-17-10)19-12(16)9(8-15)14(11)6-4-3-5-7-14/h2-7,16H2,1H3,(H,17,18). The number of nitrogens with two attached hydrogens (primary N) is 1. The number of fused-ring (bicyclic) bond motifs is 2. The summed E-state index contributed by atoms with van der Waals surface area (Å²) in [5, 5.41) is 16.8. The molecule has 3 rings (SSSR count). The molecule has 1 saturated carbocycles. The summed E-state index contributed by atoms with van der Waals surface area (Å²) < 4.78 is 5.54. The third-order valence-corrected chi connectivity index (χ3v) is 4.39. The van der Waals surface area contributed by atoms with E-state index in [0.29, 0.717) is 11.5 Å². The molecule has 1 aliphatic heterocycles. The van der Waals surface area contributed by atoms with Crippen LogP contribution in [0.2, 0.25) is 0 Å². The Labute approximate surface area is 112 Å². The summed E-state index contributed by atoms with van der Waals surface area (Å²) in [6.07, 6.45) is 6.22. The van der Waals surface area contributed by atoms with Crippen LogP contribution in [0.3, 0.4) is 0 Å². The average Bonchev–Trinajstić information content (AvgIpc) is 2.83. The minimum absolute atomic E-state index is 0.228. The van der Waals surface area contributed by atoms with Crippen LogP contribution in [-0.4, -0.2) is 10.2 Å². The molecule has 1 aromatic heterocycles. The van der Waals surface area contributed by atoms with Gasteiger partial charge in [-0.2, -0.15) is 5.26 Å². The van der Waals surface area contributed by atoms with Gasteiger partial charge in [-0.1, -0.05) is 26.2 Å². The van der Waals surface area contributed by atoms with Crippen LogP contribution >= 0.6 is 0 Å². The molecule has 1 aliphatic carbocycles. The third kappa shape index (κ3) is 1.56. The maximum Gasteiger partial charge on any atom is 0.244 e. The molecular weight excluding hydrogens is 240 g/mol. The lowest BCUT2D eigenvalue weighted by molar-refractivity contribution is 0.284. The first-order valence-electron chi connectivity index (χ1n) is 6.89. The lowest BCUT2D eigenvalue weighted by Gasteiger charge is -2.39. The van der Waals surface area contributed by atoms with Crippen molar-refractivity contribution in [3.8, 4) is 11.9 Å². The molecule has 100 valence electrons. The number of aromatic nitrogens is 2. The number of H-pyrrole nitrogens is 1. The van der Waals surface area contributed by atoms with Crippen molar-refractivity contribution in [1.29, 1.82) is 5.26 Å². The van der Waals surface area contributed by atoms with Crippen LogP contribution in [0, 0.1) is 11.3 Å². The molecule has 0 amide bonds. The fourth-order valence-corrected chi connectivity index (χ4v) is 3.52. The number of rotatable bonds is 1. The number of nitriles is 1. The molecule has 1 aromatic rings. The van der Waals surface area contributed by atoms with Gasteiger partial charge in [0.05, 0.1) is 0 Å². The van der Waals surface area contributed by atoms with Crippen molar-refractivity contribution in [2.24, 2.45) is 5.73 Å². The summed E-state index contributed by atoms with van der Waals surface area (Å²) in [5.74, 6) is 0.793. The molecule has 0 atom stereocenters. The molecule has 0 unspecified atom stereocenters. The highest BCUT2D eigenvalue weighted by atomic mass is 16.5. The highest BCUT2D eigenvalue weighted by molar-refractivity contribution is 5.54. The molecule has 1 spiro atoms. The molecule has 2 aliphatic rings. The number of hydrogen-bond donors (Lipinski definition) is 2. The Kier molecular flexibility index (Phi) is 2.74. The molecule has 2 heterocycles. The van der Waals surface area contributed by atoms with E-state index in [0.717, 1.165) is 43.4 Å². The van der Waals surface area contributed by atoms with Gasteiger partial charge in [-0.15, -0.1) is 5.10 Å². The summed E-state index contributed by atoms with van der Waals surface area (Å²) in [6, 6.07) is 2.28. The molecule has 0 radical (unpaired) electrons. The van der Waals surface area contributed by atoms with E-state index in [-0.39, 0.29) is 11.3 Å². The van der Waals surface area contributed by atoms with E-state index in [4.69, 9.17) is 10.5 Å². The zero-order valence-electron chi connectivity index (χ0n) is 11.1. The van der Waals surface area contributed by atoms with Gasteiger partial charge in [0.1, 0.15) is 11.6 Å². The number of aryl methyl sites for hydroxylation is 1. The zero-order chi connectivity index (χ0) is 13.5. The van der Waals surface area contributed by atoms with Gasteiger partial charge in [-0.05, 0) is 19.3 Å².